The Morgan fingerprint density at radius 1 is 0.800 bits per heavy atom. The summed E-state index contributed by atoms with van der Waals surface area (Å²) in [5.74, 6) is -0.838. The Morgan fingerprint density at radius 3 is 1.94 bits per heavy atom. The van der Waals surface area contributed by atoms with Gasteiger partial charge in [0.25, 0.3) is 5.56 Å². The van der Waals surface area contributed by atoms with Gasteiger partial charge in [-0.15, -0.1) is 0 Å². The van der Waals surface area contributed by atoms with E-state index in [1.165, 1.54) is 16.8 Å². The van der Waals surface area contributed by atoms with Gasteiger partial charge in [-0.1, -0.05) is 36.4 Å². The number of hydrogen-bond donors (Lipinski definition) is 1. The second kappa shape index (κ2) is 8.37. The van der Waals surface area contributed by atoms with Gasteiger partial charge >= 0.3 is 5.69 Å². The number of rotatable bonds is 4. The monoisotopic (exact) mass is 476 g/mol. The maximum atomic E-state index is 12.7. The third-order valence-electron chi connectivity index (χ3n) is 6.88. The number of fused-ring (bicyclic) bond motifs is 1. The molecule has 1 N–H and O–H groups in total. The molecule has 0 aliphatic carbocycles. The van der Waals surface area contributed by atoms with Crippen LogP contribution in [0.2, 0.25) is 0 Å². The lowest BCUT2D eigenvalue weighted by Crippen LogP contribution is -2.53. The van der Waals surface area contributed by atoms with Crippen LogP contribution in [0.3, 0.4) is 0 Å². The summed E-state index contributed by atoms with van der Waals surface area (Å²) >= 11 is 0. The highest BCUT2D eigenvalue weighted by molar-refractivity contribution is 5.57. The molecule has 182 valence electrons. The van der Waals surface area contributed by atoms with Gasteiger partial charge in [-0.3, -0.25) is 14.3 Å². The second-order valence-corrected chi connectivity index (χ2v) is 9.54. The zero-order valence-electron chi connectivity index (χ0n) is 19.6. The molecule has 9 nitrogen and oxygen atoms in total. The van der Waals surface area contributed by atoms with Crippen LogP contribution in [-0.4, -0.2) is 52.9 Å². The largest absolute Gasteiger partial charge is 0.347 e. The van der Waals surface area contributed by atoms with Crippen molar-refractivity contribution < 1.29 is 14.2 Å². The molecule has 3 aliphatic heterocycles. The average Bonchev–Trinajstić information content (AvgIpc) is 3.51. The lowest BCUT2D eigenvalue weighted by Gasteiger charge is -2.38. The van der Waals surface area contributed by atoms with Crippen LogP contribution in [-0.2, 0) is 14.2 Å². The van der Waals surface area contributed by atoms with Gasteiger partial charge in [-0.25, -0.2) is 4.79 Å². The van der Waals surface area contributed by atoms with Crippen molar-refractivity contribution in [2.24, 2.45) is 0 Å². The Morgan fingerprint density at radius 2 is 1.37 bits per heavy atom. The van der Waals surface area contributed by atoms with E-state index in [0.29, 0.717) is 0 Å². The molecule has 3 aromatic rings. The van der Waals surface area contributed by atoms with E-state index in [2.05, 4.69) is 39.0 Å². The lowest BCUT2D eigenvalue weighted by atomic mass is 10.1. The Bertz CT molecular complexity index is 1260. The normalized spacial score (nSPS) is 27.9. The first-order valence-electron chi connectivity index (χ1n) is 11.9. The van der Waals surface area contributed by atoms with Crippen LogP contribution >= 0.6 is 0 Å². The fourth-order valence-electron chi connectivity index (χ4n) is 5.50. The molecule has 3 saturated heterocycles. The minimum atomic E-state index is -0.838. The van der Waals surface area contributed by atoms with E-state index >= 15 is 0 Å². The standard InChI is InChI=1S/C26H28N4O5/c1-26(2)34-20-21(33-24(22(20)35-26)30-14-13-19(31)27-25(30)32)23-28(17-9-5-3-6-10-17)15-16-29(23)18-11-7-4-8-12-18/h3-14,20-24H,15-16H2,1-2H3,(H,27,31,32)/t20-,21-,22-,24+/m0/s1. The van der Waals surface area contributed by atoms with Gasteiger partial charge in [0.2, 0.25) is 0 Å². The summed E-state index contributed by atoms with van der Waals surface area (Å²) in [4.78, 5) is 31.3. The quantitative estimate of drug-likeness (QED) is 0.618. The van der Waals surface area contributed by atoms with Crippen LogP contribution in [0.4, 0.5) is 11.4 Å². The Kier molecular flexibility index (Phi) is 5.28. The van der Waals surface area contributed by atoms with Crippen LogP contribution in [0.25, 0.3) is 0 Å². The maximum absolute atomic E-state index is 12.7. The van der Waals surface area contributed by atoms with Crippen molar-refractivity contribution in [1.29, 1.82) is 0 Å². The Hall–Kier alpha value is -3.40. The highest BCUT2D eigenvalue weighted by Crippen LogP contribution is 2.46. The van der Waals surface area contributed by atoms with Crippen molar-refractivity contribution in [2.45, 2.75) is 50.3 Å². The van der Waals surface area contributed by atoms with Crippen molar-refractivity contribution >= 4 is 11.4 Å². The van der Waals surface area contributed by atoms with E-state index in [1.54, 1.807) is 0 Å². The summed E-state index contributed by atoms with van der Waals surface area (Å²) in [7, 11) is 0. The SMILES string of the molecule is CC1(C)O[C@@H]2[C@H](O1)[C@H](n1ccc(=O)[nH]c1=O)O[C@@H]2C1N(c2ccccc2)CCN1c1ccccc1. The fraction of sp³-hybridized carbons (Fsp3) is 0.385. The van der Waals surface area contributed by atoms with E-state index in [9.17, 15) is 9.59 Å². The summed E-state index contributed by atoms with van der Waals surface area (Å²) in [5, 5.41) is 0. The molecule has 3 fully saturated rings. The molecule has 4 heterocycles. The molecule has 4 atom stereocenters. The van der Waals surface area contributed by atoms with Crippen LogP contribution in [0, 0.1) is 0 Å². The smallest absolute Gasteiger partial charge is 0.330 e. The van der Waals surface area contributed by atoms with E-state index in [4.69, 9.17) is 14.2 Å². The van der Waals surface area contributed by atoms with E-state index in [0.717, 1.165) is 24.5 Å². The van der Waals surface area contributed by atoms with Crippen LogP contribution in [0.1, 0.15) is 20.1 Å². The Labute approximate surface area is 202 Å². The molecular formula is C26H28N4O5. The molecule has 2 aromatic carbocycles. The number of benzene rings is 2. The van der Waals surface area contributed by atoms with Crippen LogP contribution in [0.5, 0.6) is 0 Å². The van der Waals surface area contributed by atoms with Crippen molar-refractivity contribution in [3.63, 3.8) is 0 Å². The number of nitrogens with one attached hydrogen (secondary N) is 1. The first-order chi connectivity index (χ1) is 16.9. The summed E-state index contributed by atoms with van der Waals surface area (Å²) < 4.78 is 20.7. The number of H-pyrrole nitrogens is 1. The highest BCUT2D eigenvalue weighted by atomic mass is 16.8. The zero-order chi connectivity index (χ0) is 24.2. The minimum absolute atomic E-state index is 0.201. The Balaban J connectivity index is 1.44. The number of aromatic nitrogens is 2. The third kappa shape index (κ3) is 3.85. The molecule has 0 bridgehead atoms. The summed E-state index contributed by atoms with van der Waals surface area (Å²) in [6.45, 7) is 5.34. The fourth-order valence-corrected chi connectivity index (χ4v) is 5.50. The zero-order valence-corrected chi connectivity index (χ0v) is 19.6. The first-order valence-corrected chi connectivity index (χ1v) is 11.9. The number of aromatic amines is 1. The van der Waals surface area contributed by atoms with E-state index < -0.39 is 41.6 Å². The van der Waals surface area contributed by atoms with Crippen LogP contribution < -0.4 is 21.0 Å². The molecule has 0 saturated carbocycles. The molecule has 9 heteroatoms. The number of anilines is 2. The van der Waals surface area contributed by atoms with Gasteiger partial charge in [0, 0.05) is 36.7 Å². The molecule has 0 spiro atoms. The molecule has 3 aliphatic rings. The highest BCUT2D eigenvalue weighted by Gasteiger charge is 2.60. The van der Waals surface area contributed by atoms with Gasteiger partial charge in [0.15, 0.2) is 12.0 Å². The summed E-state index contributed by atoms with van der Waals surface area (Å²) in [5.41, 5.74) is 1.17. The van der Waals surface area contributed by atoms with Crippen molar-refractivity contribution in [3.05, 3.63) is 93.8 Å². The van der Waals surface area contributed by atoms with Gasteiger partial charge in [0.1, 0.15) is 24.5 Å². The molecule has 0 unspecified atom stereocenters. The van der Waals surface area contributed by atoms with Gasteiger partial charge in [-0.2, -0.15) is 0 Å². The van der Waals surface area contributed by atoms with E-state index in [-0.39, 0.29) is 6.17 Å². The van der Waals surface area contributed by atoms with Gasteiger partial charge in [-0.05, 0) is 38.1 Å². The topological polar surface area (TPSA) is 89.0 Å². The summed E-state index contributed by atoms with van der Waals surface area (Å²) in [6, 6.07) is 21.8. The first kappa shape index (κ1) is 22.1. The predicted molar refractivity (Wildman–Crippen MR) is 130 cm³/mol. The van der Waals surface area contributed by atoms with Crippen molar-refractivity contribution in [2.75, 3.05) is 22.9 Å². The molecule has 35 heavy (non-hydrogen) atoms. The summed E-state index contributed by atoms with van der Waals surface area (Å²) in [6.07, 6.45) is -0.865. The maximum Gasteiger partial charge on any atom is 0.330 e. The molecule has 0 radical (unpaired) electrons. The lowest BCUT2D eigenvalue weighted by molar-refractivity contribution is -0.199. The number of hydrogen-bond acceptors (Lipinski definition) is 7. The number of ether oxygens (including phenoxy) is 3. The molecular weight excluding hydrogens is 448 g/mol. The third-order valence-corrected chi connectivity index (χ3v) is 6.88. The second-order valence-electron chi connectivity index (χ2n) is 9.54. The molecule has 1 aromatic heterocycles. The average molecular weight is 477 g/mol. The van der Waals surface area contributed by atoms with E-state index in [1.807, 2.05) is 50.2 Å². The molecule has 6 rings (SSSR count). The molecule has 0 amide bonds. The van der Waals surface area contributed by atoms with Gasteiger partial charge in [0.05, 0.1) is 0 Å². The number of para-hydroxylation sites is 2. The predicted octanol–water partition coefficient (Wildman–Crippen LogP) is 2.31. The van der Waals surface area contributed by atoms with Crippen LogP contribution in [0.15, 0.2) is 82.5 Å². The van der Waals surface area contributed by atoms with Gasteiger partial charge < -0.3 is 24.0 Å². The van der Waals surface area contributed by atoms with Crippen molar-refractivity contribution in [3.8, 4) is 0 Å². The van der Waals surface area contributed by atoms with Crippen molar-refractivity contribution in [1.82, 2.24) is 9.55 Å². The number of nitrogens with zero attached hydrogens (tertiary/aromatic N) is 3. The minimum Gasteiger partial charge on any atom is -0.347 e.